The topological polar surface area (TPSA) is 72.5 Å². The maximum Gasteiger partial charge on any atom is 0.328 e. The Morgan fingerprint density at radius 3 is 2.50 bits per heavy atom. The maximum absolute atomic E-state index is 12.7. The third kappa shape index (κ3) is 5.07. The molecule has 0 aromatic carbocycles. The third-order valence-corrected chi connectivity index (χ3v) is 6.08. The Hall–Kier alpha value is 0.120. The summed E-state index contributed by atoms with van der Waals surface area (Å²) in [7, 11) is 4.00. The summed E-state index contributed by atoms with van der Waals surface area (Å²) in [4.78, 5) is 0. The first-order valence-electron chi connectivity index (χ1n) is 8.50. The van der Waals surface area contributed by atoms with E-state index in [1.54, 1.807) is 14.2 Å². The van der Waals surface area contributed by atoms with Crippen LogP contribution in [-0.2, 0) is 32.6 Å². The first kappa shape index (κ1) is 20.4. The van der Waals surface area contributed by atoms with Crippen molar-refractivity contribution in [3.8, 4) is 0 Å². The second kappa shape index (κ2) is 8.67. The average molecular weight is 362 g/mol. The maximum atomic E-state index is 12.7. The quantitative estimate of drug-likeness (QED) is 0.431. The van der Waals surface area contributed by atoms with Gasteiger partial charge in [0.05, 0.1) is 25.4 Å². The molecule has 0 amide bonds. The van der Waals surface area contributed by atoms with E-state index in [0.29, 0.717) is 13.0 Å². The molecule has 2 saturated heterocycles. The SMILES string of the molecule is B[C@@H]1O[C@H](COP(C)(=O)OC2C[C@H](B)O[C@@H]2COC)C(OC)[C@@H]1C. The molecule has 2 fully saturated rings. The van der Waals surface area contributed by atoms with Crippen molar-refractivity contribution >= 4 is 23.3 Å². The highest BCUT2D eigenvalue weighted by Gasteiger charge is 2.42. The molecule has 0 spiro atoms. The molecule has 24 heavy (non-hydrogen) atoms. The van der Waals surface area contributed by atoms with Gasteiger partial charge in [-0.05, 0) is 6.42 Å². The molecule has 0 saturated carbocycles. The lowest BCUT2D eigenvalue weighted by Crippen LogP contribution is -2.32. The number of methoxy groups -OCH3 is 2. The van der Waals surface area contributed by atoms with Gasteiger partial charge in [-0.25, -0.2) is 0 Å². The molecule has 138 valence electrons. The fourth-order valence-corrected chi connectivity index (χ4v) is 4.60. The van der Waals surface area contributed by atoms with E-state index in [2.05, 4.69) is 6.92 Å². The predicted octanol–water partition coefficient (Wildman–Crippen LogP) is -0.385. The van der Waals surface area contributed by atoms with Gasteiger partial charge < -0.3 is 28.0 Å². The Kier molecular flexibility index (Phi) is 7.38. The van der Waals surface area contributed by atoms with Gasteiger partial charge >= 0.3 is 7.60 Å². The van der Waals surface area contributed by atoms with Gasteiger partial charge in [-0.3, -0.25) is 4.57 Å². The van der Waals surface area contributed by atoms with Crippen LogP contribution in [-0.4, -0.2) is 86.2 Å². The van der Waals surface area contributed by atoms with Crippen molar-refractivity contribution in [2.45, 2.75) is 49.8 Å². The first-order chi connectivity index (χ1) is 11.3. The molecule has 0 N–H and O–H groups in total. The van der Waals surface area contributed by atoms with Crippen molar-refractivity contribution in [3.63, 3.8) is 0 Å². The minimum Gasteiger partial charge on any atom is -0.382 e. The summed E-state index contributed by atoms with van der Waals surface area (Å²) < 4.78 is 46.3. The van der Waals surface area contributed by atoms with Crippen LogP contribution in [0.3, 0.4) is 0 Å². The van der Waals surface area contributed by atoms with Gasteiger partial charge in [0.15, 0.2) is 0 Å². The van der Waals surface area contributed by atoms with Crippen molar-refractivity contribution in [2.75, 3.05) is 34.1 Å². The second-order valence-corrected chi connectivity index (χ2v) is 8.84. The van der Waals surface area contributed by atoms with E-state index in [4.69, 9.17) is 28.0 Å². The molecule has 2 aliphatic rings. The van der Waals surface area contributed by atoms with Gasteiger partial charge in [-0.15, -0.1) is 0 Å². The van der Waals surface area contributed by atoms with E-state index in [-0.39, 0.29) is 48.9 Å². The molecule has 7 nitrogen and oxygen atoms in total. The molecule has 0 radical (unpaired) electrons. The molecular formula is C14H29B2O7P. The lowest BCUT2D eigenvalue weighted by atomic mass is 9.86. The Bertz CT molecular complexity index is 455. The van der Waals surface area contributed by atoms with Gasteiger partial charge in [0.1, 0.15) is 27.9 Å². The molecule has 10 heteroatoms. The predicted molar refractivity (Wildman–Crippen MR) is 95.2 cm³/mol. The largest absolute Gasteiger partial charge is 0.382 e. The van der Waals surface area contributed by atoms with Crippen molar-refractivity contribution in [3.05, 3.63) is 0 Å². The third-order valence-electron chi connectivity index (χ3n) is 4.80. The fraction of sp³-hybridized carbons (Fsp3) is 1.00. The van der Waals surface area contributed by atoms with Crippen LogP contribution in [0, 0.1) is 5.92 Å². The number of ether oxygens (including phenoxy) is 4. The molecular weight excluding hydrogens is 333 g/mol. The van der Waals surface area contributed by atoms with Gasteiger partial charge in [0.2, 0.25) is 0 Å². The minimum atomic E-state index is -3.23. The average Bonchev–Trinajstić information content (AvgIpc) is 2.97. The summed E-state index contributed by atoms with van der Waals surface area (Å²) in [5.74, 6) is 0.260. The van der Waals surface area contributed by atoms with Crippen molar-refractivity contribution < 1.29 is 32.6 Å². The Morgan fingerprint density at radius 1 is 1.17 bits per heavy atom. The molecule has 2 aliphatic heterocycles. The Labute approximate surface area is 146 Å². The molecule has 0 aliphatic carbocycles. The zero-order valence-electron chi connectivity index (χ0n) is 15.5. The number of hydrogen-bond donors (Lipinski definition) is 0. The van der Waals surface area contributed by atoms with Gasteiger partial charge in [-0.1, -0.05) is 6.92 Å². The second-order valence-electron chi connectivity index (χ2n) is 6.83. The van der Waals surface area contributed by atoms with Crippen LogP contribution < -0.4 is 0 Å². The normalized spacial score (nSPS) is 42.2. The molecule has 3 unspecified atom stereocenters. The molecule has 0 bridgehead atoms. The molecule has 0 aromatic heterocycles. The summed E-state index contributed by atoms with van der Waals surface area (Å²) in [6.45, 7) is 4.15. The smallest absolute Gasteiger partial charge is 0.328 e. The Morgan fingerprint density at radius 2 is 1.88 bits per heavy atom. The lowest BCUT2D eigenvalue weighted by Gasteiger charge is -2.25. The van der Waals surface area contributed by atoms with Crippen LogP contribution in [0.25, 0.3) is 0 Å². The molecule has 2 rings (SSSR count). The lowest BCUT2D eigenvalue weighted by molar-refractivity contribution is -0.0298. The van der Waals surface area contributed by atoms with Crippen LogP contribution in [0.2, 0.25) is 0 Å². The van der Waals surface area contributed by atoms with Crippen LogP contribution in [0.1, 0.15) is 13.3 Å². The van der Waals surface area contributed by atoms with E-state index in [1.165, 1.54) is 6.66 Å². The number of rotatable bonds is 8. The van der Waals surface area contributed by atoms with Gasteiger partial charge in [-0.2, -0.15) is 0 Å². The highest BCUT2D eigenvalue weighted by atomic mass is 31.2. The summed E-state index contributed by atoms with van der Waals surface area (Å²) in [5.41, 5.74) is 0. The molecule has 8 atom stereocenters. The number of hydrogen-bond acceptors (Lipinski definition) is 7. The van der Waals surface area contributed by atoms with Crippen LogP contribution in [0.4, 0.5) is 0 Å². The van der Waals surface area contributed by atoms with E-state index in [1.807, 2.05) is 15.7 Å². The van der Waals surface area contributed by atoms with Crippen molar-refractivity contribution in [2.24, 2.45) is 5.92 Å². The first-order valence-corrected chi connectivity index (χ1v) is 10.5. The summed E-state index contributed by atoms with van der Waals surface area (Å²) in [6.07, 6.45) is -0.168. The van der Waals surface area contributed by atoms with Crippen LogP contribution >= 0.6 is 7.60 Å². The van der Waals surface area contributed by atoms with Crippen LogP contribution in [0.5, 0.6) is 0 Å². The standard InChI is InChI=1S/C14H29B2O7P/c1-8-13(19-3)11(22-14(8)16)7-20-24(4,17)23-9-5-12(15)21-10(9)6-18-2/h8-14H,5-7,15-16H2,1-4H3/t8-,9?,10+,11+,12+,13?,14+,24?/m0/s1. The van der Waals surface area contributed by atoms with E-state index in [0.717, 1.165) is 0 Å². The highest BCUT2D eigenvalue weighted by molar-refractivity contribution is 7.53. The van der Waals surface area contributed by atoms with Crippen molar-refractivity contribution in [1.82, 2.24) is 0 Å². The molecule has 2 heterocycles. The molecule has 0 aromatic rings. The fourth-order valence-electron chi connectivity index (χ4n) is 3.41. The summed E-state index contributed by atoms with van der Waals surface area (Å²) >= 11 is 0. The zero-order chi connectivity index (χ0) is 17.9. The summed E-state index contributed by atoms with van der Waals surface area (Å²) in [6, 6.07) is 0.128. The van der Waals surface area contributed by atoms with Crippen LogP contribution in [0.15, 0.2) is 0 Å². The van der Waals surface area contributed by atoms with E-state index >= 15 is 0 Å². The minimum absolute atomic E-state index is 0.0490. The van der Waals surface area contributed by atoms with Crippen molar-refractivity contribution in [1.29, 1.82) is 0 Å². The monoisotopic (exact) mass is 362 g/mol. The van der Waals surface area contributed by atoms with Gasteiger partial charge in [0, 0.05) is 38.8 Å². The van der Waals surface area contributed by atoms with E-state index < -0.39 is 7.60 Å². The Balaban J connectivity index is 1.88. The highest BCUT2D eigenvalue weighted by Crippen LogP contribution is 2.48. The summed E-state index contributed by atoms with van der Waals surface area (Å²) in [5, 5.41) is 0. The zero-order valence-corrected chi connectivity index (χ0v) is 16.4. The van der Waals surface area contributed by atoms with Gasteiger partial charge in [0.25, 0.3) is 0 Å². The van der Waals surface area contributed by atoms with E-state index in [9.17, 15) is 4.57 Å².